The van der Waals surface area contributed by atoms with Gasteiger partial charge in [0.05, 0.1) is 11.9 Å². The number of carbonyl (C=O) groups excluding carboxylic acids is 1. The number of anilines is 2. The first-order valence-corrected chi connectivity index (χ1v) is 11.1. The first kappa shape index (κ1) is 21.0. The molecule has 1 amide bonds. The van der Waals surface area contributed by atoms with Gasteiger partial charge < -0.3 is 5.32 Å². The molecule has 1 N–H and O–H groups in total. The van der Waals surface area contributed by atoms with E-state index in [0.717, 1.165) is 35.9 Å². The summed E-state index contributed by atoms with van der Waals surface area (Å²) in [4.78, 5) is 13.1. The van der Waals surface area contributed by atoms with Gasteiger partial charge in [0.15, 0.2) is 0 Å². The molecule has 0 spiro atoms. The molecule has 2 aromatic carbocycles. The Morgan fingerprint density at radius 1 is 0.963 bits per heavy atom. The maximum Gasteiger partial charge on any atom is 0.248 e. The van der Waals surface area contributed by atoms with E-state index in [-0.39, 0.29) is 5.91 Å². The molecule has 0 saturated carbocycles. The molecular weight excluding hydrogens is 360 g/mol. The normalized spacial score (nSPS) is 12.4. The van der Waals surface area contributed by atoms with Crippen LogP contribution in [0.1, 0.15) is 38.3 Å². The van der Waals surface area contributed by atoms with Gasteiger partial charge in [-0.05, 0) is 42.5 Å². The Morgan fingerprint density at radius 2 is 1.52 bits per heavy atom. The highest BCUT2D eigenvalue weighted by Crippen LogP contribution is 2.26. The number of hydrogen-bond acceptors (Lipinski definition) is 3. The molecule has 0 saturated heterocycles. The summed E-state index contributed by atoms with van der Waals surface area (Å²) in [6.07, 6.45) is 3.07. The van der Waals surface area contributed by atoms with E-state index in [1.807, 2.05) is 45.0 Å². The molecule has 0 aromatic heterocycles. The largest absolute Gasteiger partial charge is 0.324 e. The van der Waals surface area contributed by atoms with Crippen LogP contribution in [0.5, 0.6) is 0 Å². The lowest BCUT2D eigenvalue weighted by Crippen LogP contribution is -2.47. The zero-order valence-corrected chi connectivity index (χ0v) is 17.2. The van der Waals surface area contributed by atoms with Crippen molar-refractivity contribution in [2.24, 2.45) is 0 Å². The molecule has 0 aliphatic rings. The fourth-order valence-corrected chi connectivity index (χ4v) is 4.46. The number of aryl methyl sites for hydroxylation is 2. The summed E-state index contributed by atoms with van der Waals surface area (Å²) < 4.78 is 26.2. The molecule has 0 bridgehead atoms. The Labute approximate surface area is 162 Å². The van der Waals surface area contributed by atoms with Gasteiger partial charge in [-0.3, -0.25) is 9.10 Å². The van der Waals surface area contributed by atoms with Gasteiger partial charge >= 0.3 is 0 Å². The Balaban J connectivity index is 2.43. The Bertz CT molecular complexity index is 857. The number of nitrogens with zero attached hydrogens (tertiary/aromatic N) is 1. The minimum Gasteiger partial charge on any atom is -0.324 e. The van der Waals surface area contributed by atoms with E-state index in [1.165, 1.54) is 4.31 Å². The second-order valence-electron chi connectivity index (χ2n) is 6.47. The summed E-state index contributed by atoms with van der Waals surface area (Å²) in [6, 6.07) is 13.9. The maximum absolute atomic E-state index is 13.1. The minimum atomic E-state index is -3.63. The van der Waals surface area contributed by atoms with E-state index in [4.69, 9.17) is 0 Å². The predicted molar refractivity (Wildman–Crippen MR) is 112 cm³/mol. The number of carbonyl (C=O) groups is 1. The topological polar surface area (TPSA) is 66.5 Å². The van der Waals surface area contributed by atoms with Crippen LogP contribution in [0.15, 0.2) is 48.5 Å². The zero-order valence-electron chi connectivity index (χ0n) is 16.4. The van der Waals surface area contributed by atoms with E-state index in [0.29, 0.717) is 12.1 Å². The average molecular weight is 389 g/mol. The molecule has 0 aliphatic carbocycles. The van der Waals surface area contributed by atoms with E-state index in [1.54, 1.807) is 24.3 Å². The van der Waals surface area contributed by atoms with Crippen LogP contribution in [0.25, 0.3) is 0 Å². The third-order valence-corrected chi connectivity index (χ3v) is 5.77. The molecule has 2 aromatic rings. The summed E-state index contributed by atoms with van der Waals surface area (Å²) in [5, 5.41) is 3.01. The number of sulfonamides is 1. The molecular formula is C21H28N2O3S. The predicted octanol–water partition coefficient (Wildman–Crippen LogP) is 3.99. The summed E-state index contributed by atoms with van der Waals surface area (Å²) in [5.41, 5.74) is 3.38. The molecule has 2 rings (SSSR count). The van der Waals surface area contributed by atoms with E-state index in [9.17, 15) is 13.2 Å². The lowest BCUT2D eigenvalue weighted by Gasteiger charge is -2.30. The van der Waals surface area contributed by atoms with Crippen molar-refractivity contribution in [1.82, 2.24) is 0 Å². The third-order valence-electron chi connectivity index (χ3n) is 4.59. The van der Waals surface area contributed by atoms with Crippen LogP contribution in [0.4, 0.5) is 11.4 Å². The molecule has 1 unspecified atom stereocenters. The molecule has 5 nitrogen and oxygen atoms in total. The third kappa shape index (κ3) is 4.89. The molecule has 146 valence electrons. The monoisotopic (exact) mass is 388 g/mol. The van der Waals surface area contributed by atoms with E-state index < -0.39 is 16.1 Å². The van der Waals surface area contributed by atoms with Crippen LogP contribution in [0.3, 0.4) is 0 Å². The number of amides is 1. The van der Waals surface area contributed by atoms with Gasteiger partial charge in [-0.2, -0.15) is 0 Å². The van der Waals surface area contributed by atoms with Gasteiger partial charge in [-0.1, -0.05) is 57.2 Å². The maximum atomic E-state index is 13.1. The lowest BCUT2D eigenvalue weighted by atomic mass is 10.0. The standard InChI is InChI=1S/C21H28N2O3S/c1-5-16-12-11-13-17(6-2)20(16)22-21(24)19(7-3)23(27(4,25)26)18-14-9-8-10-15-18/h8-15,19H,5-7H2,1-4H3,(H,22,24). The van der Waals surface area contributed by atoms with Crippen molar-refractivity contribution >= 4 is 27.3 Å². The highest BCUT2D eigenvalue weighted by molar-refractivity contribution is 7.92. The fourth-order valence-electron chi connectivity index (χ4n) is 3.24. The Morgan fingerprint density at radius 3 is 1.96 bits per heavy atom. The average Bonchev–Trinajstić information content (AvgIpc) is 2.65. The van der Waals surface area contributed by atoms with E-state index in [2.05, 4.69) is 5.32 Å². The summed E-state index contributed by atoms with van der Waals surface area (Å²) in [5.74, 6) is -0.317. The van der Waals surface area contributed by atoms with Crippen LogP contribution in [-0.2, 0) is 27.7 Å². The van der Waals surface area contributed by atoms with Crippen molar-refractivity contribution in [2.45, 2.75) is 46.1 Å². The molecule has 0 radical (unpaired) electrons. The number of nitrogens with one attached hydrogen (secondary N) is 1. The molecule has 1 atom stereocenters. The number of rotatable bonds is 8. The van der Waals surface area contributed by atoms with Crippen molar-refractivity contribution < 1.29 is 13.2 Å². The van der Waals surface area contributed by atoms with Gasteiger partial charge in [0, 0.05) is 5.69 Å². The Kier molecular flexibility index (Phi) is 7.02. The molecule has 27 heavy (non-hydrogen) atoms. The first-order valence-electron chi connectivity index (χ1n) is 9.29. The zero-order chi connectivity index (χ0) is 20.0. The number of para-hydroxylation sites is 2. The van der Waals surface area contributed by atoms with Crippen molar-refractivity contribution in [2.75, 3.05) is 15.9 Å². The van der Waals surface area contributed by atoms with Crippen LogP contribution in [0.2, 0.25) is 0 Å². The SMILES string of the molecule is CCc1cccc(CC)c1NC(=O)C(CC)N(c1ccccc1)S(C)(=O)=O. The van der Waals surface area contributed by atoms with Crippen LogP contribution >= 0.6 is 0 Å². The van der Waals surface area contributed by atoms with Crippen LogP contribution < -0.4 is 9.62 Å². The van der Waals surface area contributed by atoms with Crippen molar-refractivity contribution in [3.05, 3.63) is 59.7 Å². The molecule has 0 heterocycles. The van der Waals surface area contributed by atoms with Crippen molar-refractivity contribution in [3.8, 4) is 0 Å². The van der Waals surface area contributed by atoms with E-state index >= 15 is 0 Å². The quantitative estimate of drug-likeness (QED) is 0.743. The highest BCUT2D eigenvalue weighted by Gasteiger charge is 2.31. The van der Waals surface area contributed by atoms with Crippen molar-refractivity contribution in [3.63, 3.8) is 0 Å². The first-order chi connectivity index (χ1) is 12.8. The molecule has 6 heteroatoms. The number of benzene rings is 2. The van der Waals surface area contributed by atoms with Gasteiger partial charge in [0.25, 0.3) is 0 Å². The lowest BCUT2D eigenvalue weighted by molar-refractivity contribution is -0.117. The molecule has 0 fully saturated rings. The van der Waals surface area contributed by atoms with Gasteiger partial charge in [0.1, 0.15) is 6.04 Å². The van der Waals surface area contributed by atoms with Crippen molar-refractivity contribution in [1.29, 1.82) is 0 Å². The van der Waals surface area contributed by atoms with Gasteiger partial charge in [0.2, 0.25) is 15.9 Å². The summed E-state index contributed by atoms with van der Waals surface area (Å²) >= 11 is 0. The second-order valence-corrected chi connectivity index (χ2v) is 8.33. The highest BCUT2D eigenvalue weighted by atomic mass is 32.2. The minimum absolute atomic E-state index is 0.317. The summed E-state index contributed by atoms with van der Waals surface area (Å²) in [6.45, 7) is 5.89. The van der Waals surface area contributed by atoms with Crippen LogP contribution in [-0.4, -0.2) is 26.6 Å². The smallest absolute Gasteiger partial charge is 0.248 e. The molecule has 0 aliphatic heterocycles. The second kappa shape index (κ2) is 9.04. The number of hydrogen-bond donors (Lipinski definition) is 1. The van der Waals surface area contributed by atoms with Crippen LogP contribution in [0, 0.1) is 0 Å². The van der Waals surface area contributed by atoms with Gasteiger partial charge in [-0.25, -0.2) is 8.42 Å². The summed E-state index contributed by atoms with van der Waals surface area (Å²) in [7, 11) is -3.63. The van der Waals surface area contributed by atoms with Gasteiger partial charge in [-0.15, -0.1) is 0 Å². The fraction of sp³-hybridized carbons (Fsp3) is 0.381. The Hall–Kier alpha value is -2.34.